The van der Waals surface area contributed by atoms with Gasteiger partial charge in [0.15, 0.2) is 0 Å². The van der Waals surface area contributed by atoms with Gasteiger partial charge in [-0.05, 0) is 32.0 Å². The third-order valence-corrected chi connectivity index (χ3v) is 2.76. The van der Waals surface area contributed by atoms with Crippen molar-refractivity contribution in [3.05, 3.63) is 23.8 Å². The van der Waals surface area contributed by atoms with Crippen LogP contribution < -0.4 is 11.1 Å². The Labute approximate surface area is 107 Å². The van der Waals surface area contributed by atoms with Crippen molar-refractivity contribution in [1.82, 2.24) is 4.90 Å². The van der Waals surface area contributed by atoms with Crippen molar-refractivity contribution in [2.45, 2.75) is 19.9 Å². The maximum Gasteiger partial charge on any atom is 0.244 e. The molecule has 96 valence electrons. The average molecular weight is 246 g/mol. The number of nitrogens with one attached hydrogen (secondary N) is 1. The number of carbonyl (C=O) groups is 1. The minimum absolute atomic E-state index is 0.0155. The van der Waals surface area contributed by atoms with Gasteiger partial charge >= 0.3 is 0 Å². The molecule has 1 rings (SSSR count). The van der Waals surface area contributed by atoms with E-state index in [4.69, 9.17) is 11.0 Å². The van der Waals surface area contributed by atoms with Gasteiger partial charge < -0.3 is 16.0 Å². The lowest BCUT2D eigenvalue weighted by Gasteiger charge is -2.21. The molecule has 0 bridgehead atoms. The minimum Gasteiger partial charge on any atom is -0.399 e. The van der Waals surface area contributed by atoms with E-state index in [0.29, 0.717) is 23.5 Å². The molecular formula is C13H18N4O. The SMILES string of the molecule is CCN(C)C(=O)C(C)Nc1ccc(N)cc1C#N. The van der Waals surface area contributed by atoms with E-state index in [2.05, 4.69) is 11.4 Å². The van der Waals surface area contributed by atoms with Crippen molar-refractivity contribution in [2.75, 3.05) is 24.6 Å². The highest BCUT2D eigenvalue weighted by Crippen LogP contribution is 2.19. The van der Waals surface area contributed by atoms with Crippen LogP contribution >= 0.6 is 0 Å². The van der Waals surface area contributed by atoms with Crippen LogP contribution in [0.15, 0.2) is 18.2 Å². The molecule has 0 spiro atoms. The molecule has 0 saturated carbocycles. The molecule has 0 heterocycles. The standard InChI is InChI=1S/C13H18N4O/c1-4-17(3)13(18)9(2)16-12-6-5-11(15)7-10(12)8-14/h5-7,9,16H,4,15H2,1-3H3. The molecule has 1 unspecified atom stereocenters. The van der Waals surface area contributed by atoms with Gasteiger partial charge in [-0.1, -0.05) is 0 Å². The molecule has 0 saturated heterocycles. The third kappa shape index (κ3) is 3.14. The first-order valence-corrected chi connectivity index (χ1v) is 5.80. The number of anilines is 2. The summed E-state index contributed by atoms with van der Waals surface area (Å²) < 4.78 is 0. The lowest BCUT2D eigenvalue weighted by molar-refractivity contribution is -0.130. The van der Waals surface area contributed by atoms with Gasteiger partial charge in [0.25, 0.3) is 0 Å². The zero-order valence-electron chi connectivity index (χ0n) is 10.9. The van der Waals surface area contributed by atoms with Gasteiger partial charge in [0.05, 0.1) is 11.3 Å². The quantitative estimate of drug-likeness (QED) is 0.787. The molecule has 0 aliphatic rings. The Bertz CT molecular complexity index is 478. The second kappa shape index (κ2) is 5.92. The fourth-order valence-corrected chi connectivity index (χ4v) is 1.56. The summed E-state index contributed by atoms with van der Waals surface area (Å²) in [7, 11) is 1.74. The molecule has 0 aromatic heterocycles. The molecule has 1 aromatic rings. The largest absolute Gasteiger partial charge is 0.399 e. The summed E-state index contributed by atoms with van der Waals surface area (Å²) in [6.07, 6.45) is 0. The van der Waals surface area contributed by atoms with Gasteiger partial charge in [0, 0.05) is 19.3 Å². The molecule has 3 N–H and O–H groups in total. The van der Waals surface area contributed by atoms with Crippen LogP contribution in [-0.4, -0.2) is 30.4 Å². The van der Waals surface area contributed by atoms with E-state index in [1.165, 1.54) is 0 Å². The molecule has 1 atom stereocenters. The maximum atomic E-state index is 11.9. The molecule has 0 aliphatic carbocycles. The number of nitrogen functional groups attached to an aromatic ring is 1. The van der Waals surface area contributed by atoms with E-state index in [9.17, 15) is 4.79 Å². The summed E-state index contributed by atoms with van der Waals surface area (Å²) in [5, 5.41) is 12.0. The van der Waals surface area contributed by atoms with E-state index < -0.39 is 0 Å². The number of carbonyl (C=O) groups excluding carboxylic acids is 1. The van der Waals surface area contributed by atoms with E-state index in [0.717, 1.165) is 0 Å². The number of benzene rings is 1. The first-order valence-electron chi connectivity index (χ1n) is 5.80. The Kier molecular flexibility index (Phi) is 4.55. The summed E-state index contributed by atoms with van der Waals surface area (Å²) in [6.45, 7) is 4.33. The molecule has 0 aliphatic heterocycles. The van der Waals surface area contributed by atoms with E-state index in [1.807, 2.05) is 6.92 Å². The van der Waals surface area contributed by atoms with Crippen molar-refractivity contribution in [3.8, 4) is 6.07 Å². The molecule has 5 nitrogen and oxygen atoms in total. The molecule has 18 heavy (non-hydrogen) atoms. The van der Waals surface area contributed by atoms with Crippen LogP contribution in [0, 0.1) is 11.3 Å². The summed E-state index contributed by atoms with van der Waals surface area (Å²) >= 11 is 0. The summed E-state index contributed by atoms with van der Waals surface area (Å²) in [5.74, 6) is -0.0155. The highest BCUT2D eigenvalue weighted by atomic mass is 16.2. The van der Waals surface area contributed by atoms with E-state index in [-0.39, 0.29) is 11.9 Å². The number of amides is 1. The predicted molar refractivity (Wildman–Crippen MR) is 72.0 cm³/mol. The Morgan fingerprint density at radius 1 is 1.61 bits per heavy atom. The molecule has 1 aromatic carbocycles. The molecular weight excluding hydrogens is 228 g/mol. The van der Waals surface area contributed by atoms with Crippen LogP contribution in [0.1, 0.15) is 19.4 Å². The Morgan fingerprint density at radius 3 is 2.83 bits per heavy atom. The van der Waals surface area contributed by atoms with Crippen LogP contribution in [-0.2, 0) is 4.79 Å². The average Bonchev–Trinajstić information content (AvgIpc) is 2.38. The van der Waals surface area contributed by atoms with Gasteiger partial charge in [0.2, 0.25) is 5.91 Å². The zero-order valence-corrected chi connectivity index (χ0v) is 10.9. The van der Waals surface area contributed by atoms with E-state index >= 15 is 0 Å². The fourth-order valence-electron chi connectivity index (χ4n) is 1.56. The number of hydrogen-bond donors (Lipinski definition) is 2. The van der Waals surface area contributed by atoms with Gasteiger partial charge in [-0.25, -0.2) is 0 Å². The van der Waals surface area contributed by atoms with Crippen molar-refractivity contribution in [3.63, 3.8) is 0 Å². The predicted octanol–water partition coefficient (Wildman–Crippen LogP) is 1.42. The third-order valence-electron chi connectivity index (χ3n) is 2.76. The van der Waals surface area contributed by atoms with Crippen LogP contribution in [0.3, 0.4) is 0 Å². The fraction of sp³-hybridized carbons (Fsp3) is 0.385. The van der Waals surface area contributed by atoms with Crippen molar-refractivity contribution < 1.29 is 4.79 Å². The number of likely N-dealkylation sites (N-methyl/N-ethyl adjacent to an activating group) is 1. The topological polar surface area (TPSA) is 82.2 Å². The van der Waals surface area contributed by atoms with Crippen molar-refractivity contribution >= 4 is 17.3 Å². The Morgan fingerprint density at radius 2 is 2.28 bits per heavy atom. The van der Waals surface area contributed by atoms with Crippen LogP contribution in [0.2, 0.25) is 0 Å². The van der Waals surface area contributed by atoms with E-state index in [1.54, 1.807) is 37.1 Å². The van der Waals surface area contributed by atoms with Gasteiger partial charge in [-0.3, -0.25) is 4.79 Å². The molecule has 0 fully saturated rings. The number of hydrogen-bond acceptors (Lipinski definition) is 4. The zero-order chi connectivity index (χ0) is 13.7. The second-order valence-electron chi connectivity index (χ2n) is 4.14. The number of nitrogens with zero attached hydrogens (tertiary/aromatic N) is 2. The summed E-state index contributed by atoms with van der Waals surface area (Å²) in [5.41, 5.74) is 7.20. The van der Waals surface area contributed by atoms with Crippen LogP contribution in [0.5, 0.6) is 0 Å². The first kappa shape index (κ1) is 13.8. The van der Waals surface area contributed by atoms with Gasteiger partial charge in [0.1, 0.15) is 12.1 Å². The number of rotatable bonds is 4. The Balaban J connectivity index is 2.85. The molecule has 1 amide bonds. The highest BCUT2D eigenvalue weighted by Gasteiger charge is 2.17. The highest BCUT2D eigenvalue weighted by molar-refractivity contribution is 5.84. The lowest BCUT2D eigenvalue weighted by Crippen LogP contribution is -2.38. The first-order chi connectivity index (χ1) is 8.49. The van der Waals surface area contributed by atoms with Crippen LogP contribution in [0.25, 0.3) is 0 Å². The van der Waals surface area contributed by atoms with Gasteiger partial charge in [-0.15, -0.1) is 0 Å². The maximum absolute atomic E-state index is 11.9. The molecule has 0 radical (unpaired) electrons. The van der Waals surface area contributed by atoms with Crippen LogP contribution in [0.4, 0.5) is 11.4 Å². The van der Waals surface area contributed by atoms with Crippen molar-refractivity contribution in [1.29, 1.82) is 5.26 Å². The summed E-state index contributed by atoms with van der Waals surface area (Å²) in [4.78, 5) is 13.5. The molecule has 5 heteroatoms. The second-order valence-corrected chi connectivity index (χ2v) is 4.14. The summed E-state index contributed by atoms with van der Waals surface area (Å²) in [6, 6.07) is 6.67. The van der Waals surface area contributed by atoms with Gasteiger partial charge in [-0.2, -0.15) is 5.26 Å². The minimum atomic E-state index is -0.384. The normalized spacial score (nSPS) is 11.4. The smallest absolute Gasteiger partial charge is 0.244 e. The Hall–Kier alpha value is -2.22. The monoisotopic (exact) mass is 246 g/mol. The van der Waals surface area contributed by atoms with Crippen molar-refractivity contribution in [2.24, 2.45) is 0 Å². The number of nitriles is 1. The lowest BCUT2D eigenvalue weighted by atomic mass is 10.1. The number of nitrogens with two attached hydrogens (primary N) is 1.